The summed E-state index contributed by atoms with van der Waals surface area (Å²) in [6.07, 6.45) is 4.76. The lowest BCUT2D eigenvalue weighted by Crippen LogP contribution is -2.01. The molecule has 0 aliphatic heterocycles. The highest BCUT2D eigenvalue weighted by Crippen LogP contribution is 2.00. The van der Waals surface area contributed by atoms with Gasteiger partial charge in [0.25, 0.3) is 0 Å². The maximum absolute atomic E-state index is 11.3. The van der Waals surface area contributed by atoms with Crippen LogP contribution < -0.4 is 0 Å². The number of hydrogen-bond acceptors (Lipinski definition) is 3. The second-order valence-electron chi connectivity index (χ2n) is 3.62. The van der Waals surface area contributed by atoms with Gasteiger partial charge in [-0.1, -0.05) is 43.7 Å². The molecule has 1 rings (SSSR count). The normalized spacial score (nSPS) is 10.4. The molecule has 3 nitrogen and oxygen atoms in total. The zero-order valence-electron chi connectivity index (χ0n) is 10.1. The second kappa shape index (κ2) is 8.39. The molecule has 0 N–H and O–H groups in total. The van der Waals surface area contributed by atoms with Gasteiger partial charge in [-0.2, -0.15) is 0 Å². The lowest BCUT2D eigenvalue weighted by atomic mass is 10.2. The minimum absolute atomic E-state index is 0.291. The molecule has 0 spiro atoms. The minimum atomic E-state index is -0.384. The quantitative estimate of drug-likeness (QED) is 0.315. The Bertz CT molecular complexity index is 344. The summed E-state index contributed by atoms with van der Waals surface area (Å²) in [5.41, 5.74) is 0.973. The van der Waals surface area contributed by atoms with E-state index in [2.05, 4.69) is 6.92 Å². The molecule has 1 aromatic carbocycles. The second-order valence-corrected chi connectivity index (χ2v) is 3.62. The molecule has 0 unspecified atom stereocenters. The SMILES string of the molecule is CCCCOC=CC(=O)OCc1ccccc1. The van der Waals surface area contributed by atoms with E-state index in [1.165, 1.54) is 12.3 Å². The molecule has 0 aliphatic rings. The first-order valence-corrected chi connectivity index (χ1v) is 5.81. The molecule has 0 fully saturated rings. The molecule has 0 aromatic heterocycles. The number of esters is 1. The third-order valence-electron chi connectivity index (χ3n) is 2.14. The van der Waals surface area contributed by atoms with Crippen LogP contribution in [0.1, 0.15) is 25.3 Å². The molecule has 3 heteroatoms. The highest BCUT2D eigenvalue weighted by Gasteiger charge is 1.97. The molecular formula is C14H18O3. The molecule has 0 aliphatic carbocycles. The predicted octanol–water partition coefficient (Wildman–Crippen LogP) is 3.06. The predicted molar refractivity (Wildman–Crippen MR) is 66.2 cm³/mol. The van der Waals surface area contributed by atoms with E-state index in [-0.39, 0.29) is 5.97 Å². The molecule has 0 amide bonds. The third-order valence-corrected chi connectivity index (χ3v) is 2.14. The van der Waals surface area contributed by atoms with Gasteiger partial charge in [0.2, 0.25) is 0 Å². The van der Waals surface area contributed by atoms with Crippen molar-refractivity contribution in [1.82, 2.24) is 0 Å². The van der Waals surface area contributed by atoms with Gasteiger partial charge in [0.15, 0.2) is 0 Å². The maximum Gasteiger partial charge on any atom is 0.334 e. The van der Waals surface area contributed by atoms with Crippen LogP contribution in [0.4, 0.5) is 0 Å². The molecule has 0 radical (unpaired) electrons. The Morgan fingerprint density at radius 1 is 1.29 bits per heavy atom. The van der Waals surface area contributed by atoms with E-state index in [0.717, 1.165) is 18.4 Å². The van der Waals surface area contributed by atoms with Crippen LogP contribution in [0.15, 0.2) is 42.7 Å². The molecule has 0 heterocycles. The highest BCUT2D eigenvalue weighted by molar-refractivity contribution is 5.81. The molecule has 0 saturated heterocycles. The van der Waals surface area contributed by atoms with Gasteiger partial charge in [0.1, 0.15) is 6.61 Å². The van der Waals surface area contributed by atoms with Crippen LogP contribution >= 0.6 is 0 Å². The van der Waals surface area contributed by atoms with E-state index >= 15 is 0 Å². The number of rotatable bonds is 7. The number of benzene rings is 1. The Morgan fingerprint density at radius 3 is 2.76 bits per heavy atom. The van der Waals surface area contributed by atoms with Crippen LogP contribution in [0.2, 0.25) is 0 Å². The van der Waals surface area contributed by atoms with Crippen molar-refractivity contribution in [3.63, 3.8) is 0 Å². The van der Waals surface area contributed by atoms with Crippen molar-refractivity contribution in [3.05, 3.63) is 48.2 Å². The summed E-state index contributed by atoms with van der Waals surface area (Å²) in [7, 11) is 0. The van der Waals surface area contributed by atoms with Crippen LogP contribution in [-0.2, 0) is 20.9 Å². The van der Waals surface area contributed by atoms with E-state index < -0.39 is 0 Å². The van der Waals surface area contributed by atoms with Gasteiger partial charge < -0.3 is 9.47 Å². The first-order chi connectivity index (χ1) is 8.33. The van der Waals surface area contributed by atoms with Gasteiger partial charge in [0, 0.05) is 0 Å². The van der Waals surface area contributed by atoms with Crippen molar-refractivity contribution in [2.75, 3.05) is 6.61 Å². The summed E-state index contributed by atoms with van der Waals surface area (Å²) in [5.74, 6) is -0.384. The molecule has 0 atom stereocenters. The monoisotopic (exact) mass is 234 g/mol. The Labute approximate surface area is 102 Å². The summed E-state index contributed by atoms with van der Waals surface area (Å²) in [5, 5.41) is 0. The largest absolute Gasteiger partial charge is 0.501 e. The van der Waals surface area contributed by atoms with Gasteiger partial charge >= 0.3 is 5.97 Å². The van der Waals surface area contributed by atoms with Crippen molar-refractivity contribution in [2.24, 2.45) is 0 Å². The van der Waals surface area contributed by atoms with E-state index in [4.69, 9.17) is 9.47 Å². The van der Waals surface area contributed by atoms with Crippen LogP contribution in [0.25, 0.3) is 0 Å². The Balaban J connectivity index is 2.17. The summed E-state index contributed by atoms with van der Waals surface area (Å²) in [6, 6.07) is 9.57. The average molecular weight is 234 g/mol. The number of hydrogen-bond donors (Lipinski definition) is 0. The number of unbranched alkanes of at least 4 members (excludes halogenated alkanes) is 1. The molecule has 17 heavy (non-hydrogen) atoms. The van der Waals surface area contributed by atoms with Crippen molar-refractivity contribution in [3.8, 4) is 0 Å². The smallest absolute Gasteiger partial charge is 0.334 e. The zero-order valence-corrected chi connectivity index (χ0v) is 10.1. The summed E-state index contributed by atoms with van der Waals surface area (Å²) in [4.78, 5) is 11.3. The molecule has 92 valence electrons. The summed E-state index contributed by atoms with van der Waals surface area (Å²) < 4.78 is 10.1. The van der Waals surface area contributed by atoms with E-state index in [1.807, 2.05) is 30.3 Å². The molecule has 1 aromatic rings. The fraction of sp³-hybridized carbons (Fsp3) is 0.357. The van der Waals surface area contributed by atoms with E-state index in [0.29, 0.717) is 13.2 Å². The maximum atomic E-state index is 11.3. The van der Waals surface area contributed by atoms with Crippen molar-refractivity contribution in [2.45, 2.75) is 26.4 Å². The van der Waals surface area contributed by atoms with Gasteiger partial charge in [-0.3, -0.25) is 0 Å². The van der Waals surface area contributed by atoms with E-state index in [1.54, 1.807) is 0 Å². The number of carbonyl (C=O) groups excluding carboxylic acids is 1. The Morgan fingerprint density at radius 2 is 2.06 bits per heavy atom. The van der Waals surface area contributed by atoms with Crippen molar-refractivity contribution in [1.29, 1.82) is 0 Å². The summed E-state index contributed by atoms with van der Waals surface area (Å²) in [6.45, 7) is 3.01. The van der Waals surface area contributed by atoms with Crippen LogP contribution in [0, 0.1) is 0 Å². The van der Waals surface area contributed by atoms with Gasteiger partial charge in [-0.15, -0.1) is 0 Å². The lowest BCUT2D eigenvalue weighted by molar-refractivity contribution is -0.139. The number of carbonyl (C=O) groups is 1. The summed E-state index contributed by atoms with van der Waals surface area (Å²) >= 11 is 0. The van der Waals surface area contributed by atoms with Gasteiger partial charge in [0.05, 0.1) is 18.9 Å². The first-order valence-electron chi connectivity index (χ1n) is 5.81. The Hall–Kier alpha value is -1.77. The highest BCUT2D eigenvalue weighted by atomic mass is 16.5. The third kappa shape index (κ3) is 6.40. The fourth-order valence-electron chi connectivity index (χ4n) is 1.18. The number of ether oxygens (including phenoxy) is 2. The van der Waals surface area contributed by atoms with Gasteiger partial charge in [-0.25, -0.2) is 4.79 Å². The first kappa shape index (κ1) is 13.3. The Kier molecular flexibility index (Phi) is 6.56. The van der Waals surface area contributed by atoms with Crippen LogP contribution in [0.5, 0.6) is 0 Å². The minimum Gasteiger partial charge on any atom is -0.501 e. The topological polar surface area (TPSA) is 35.5 Å². The molecule has 0 saturated carbocycles. The van der Waals surface area contributed by atoms with Crippen molar-refractivity contribution < 1.29 is 14.3 Å². The fourth-order valence-corrected chi connectivity index (χ4v) is 1.18. The van der Waals surface area contributed by atoms with Crippen LogP contribution in [-0.4, -0.2) is 12.6 Å². The molecule has 0 bridgehead atoms. The van der Waals surface area contributed by atoms with Gasteiger partial charge in [-0.05, 0) is 12.0 Å². The van der Waals surface area contributed by atoms with Crippen molar-refractivity contribution >= 4 is 5.97 Å². The lowest BCUT2D eigenvalue weighted by Gasteiger charge is -2.01. The average Bonchev–Trinajstić information content (AvgIpc) is 2.37. The molecular weight excluding hydrogens is 216 g/mol. The van der Waals surface area contributed by atoms with E-state index in [9.17, 15) is 4.79 Å². The standard InChI is InChI=1S/C14H18O3/c1-2-3-10-16-11-9-14(15)17-12-13-7-5-4-6-8-13/h4-9,11H,2-3,10,12H2,1H3. The zero-order chi connectivity index (χ0) is 12.3. The van der Waals surface area contributed by atoms with Crippen LogP contribution in [0.3, 0.4) is 0 Å².